The minimum Gasteiger partial charge on any atom is -0.383 e. The molecule has 0 saturated carbocycles. The molecule has 1 aliphatic rings. The van der Waals surface area contributed by atoms with Gasteiger partial charge < -0.3 is 15.0 Å². The smallest absolute Gasteiger partial charge is 0.237 e. The van der Waals surface area contributed by atoms with Crippen molar-refractivity contribution in [3.63, 3.8) is 0 Å². The van der Waals surface area contributed by atoms with E-state index in [4.69, 9.17) is 4.74 Å². The standard InChI is InChI=1S/C17H26N2O2/c1-13-9-14(2)11-15(10-13)16-5-4-7-19(16)17(20)12-18-6-8-21-3/h9-11,16,18H,4-8,12H2,1-3H3. The third kappa shape index (κ3) is 4.29. The molecule has 1 aliphatic heterocycles. The van der Waals surface area contributed by atoms with E-state index in [9.17, 15) is 4.79 Å². The molecule has 21 heavy (non-hydrogen) atoms. The average molecular weight is 290 g/mol. The Bertz CT molecular complexity index is 467. The lowest BCUT2D eigenvalue weighted by molar-refractivity contribution is -0.131. The topological polar surface area (TPSA) is 41.6 Å². The first-order valence-corrected chi connectivity index (χ1v) is 7.69. The van der Waals surface area contributed by atoms with Crippen LogP contribution in [-0.4, -0.2) is 44.2 Å². The van der Waals surface area contributed by atoms with Crippen molar-refractivity contribution in [1.29, 1.82) is 0 Å². The van der Waals surface area contributed by atoms with Crippen LogP contribution >= 0.6 is 0 Å². The number of likely N-dealkylation sites (tertiary alicyclic amines) is 1. The van der Waals surface area contributed by atoms with Crippen molar-refractivity contribution in [3.05, 3.63) is 34.9 Å². The number of carbonyl (C=O) groups excluding carboxylic acids is 1. The SMILES string of the molecule is COCCNCC(=O)N1CCCC1c1cc(C)cc(C)c1. The molecule has 1 aromatic carbocycles. The second kappa shape index (κ2) is 7.57. The monoisotopic (exact) mass is 290 g/mol. The first-order chi connectivity index (χ1) is 10.1. The summed E-state index contributed by atoms with van der Waals surface area (Å²) in [6, 6.07) is 6.83. The summed E-state index contributed by atoms with van der Waals surface area (Å²) in [5.41, 5.74) is 3.81. The number of methoxy groups -OCH3 is 1. The van der Waals surface area contributed by atoms with E-state index in [0.29, 0.717) is 19.7 Å². The second-order valence-corrected chi connectivity index (χ2v) is 5.84. The zero-order valence-electron chi connectivity index (χ0n) is 13.3. The largest absolute Gasteiger partial charge is 0.383 e. The summed E-state index contributed by atoms with van der Waals surface area (Å²) in [4.78, 5) is 14.4. The molecular weight excluding hydrogens is 264 g/mol. The van der Waals surface area contributed by atoms with E-state index in [1.54, 1.807) is 7.11 Å². The number of carbonyl (C=O) groups is 1. The predicted octanol–water partition coefficient (Wildman–Crippen LogP) is 2.20. The molecule has 0 radical (unpaired) electrons. The van der Waals surface area contributed by atoms with E-state index < -0.39 is 0 Å². The van der Waals surface area contributed by atoms with E-state index in [-0.39, 0.29) is 11.9 Å². The molecule has 2 rings (SSSR count). The molecule has 1 unspecified atom stereocenters. The van der Waals surface area contributed by atoms with Gasteiger partial charge in [0.25, 0.3) is 0 Å². The average Bonchev–Trinajstić information content (AvgIpc) is 2.92. The molecule has 0 aromatic heterocycles. The Balaban J connectivity index is 2.00. The number of amides is 1. The minimum atomic E-state index is 0.188. The summed E-state index contributed by atoms with van der Waals surface area (Å²) in [5.74, 6) is 0.188. The zero-order chi connectivity index (χ0) is 15.2. The predicted molar refractivity (Wildman–Crippen MR) is 84.3 cm³/mol. The van der Waals surface area contributed by atoms with Crippen molar-refractivity contribution < 1.29 is 9.53 Å². The normalized spacial score (nSPS) is 18.2. The number of rotatable bonds is 6. The Kier molecular flexibility index (Phi) is 5.76. The molecule has 0 aliphatic carbocycles. The third-order valence-corrected chi connectivity index (χ3v) is 3.96. The fourth-order valence-electron chi connectivity index (χ4n) is 3.09. The van der Waals surface area contributed by atoms with Gasteiger partial charge >= 0.3 is 0 Å². The van der Waals surface area contributed by atoms with Gasteiger partial charge in [0.05, 0.1) is 19.2 Å². The van der Waals surface area contributed by atoms with Crippen molar-refractivity contribution >= 4 is 5.91 Å². The maximum absolute atomic E-state index is 12.4. The molecule has 1 amide bonds. The highest BCUT2D eigenvalue weighted by molar-refractivity contribution is 5.79. The van der Waals surface area contributed by atoms with Crippen LogP contribution in [0, 0.1) is 13.8 Å². The van der Waals surface area contributed by atoms with Crippen molar-refractivity contribution in [2.45, 2.75) is 32.7 Å². The van der Waals surface area contributed by atoms with Crippen LogP contribution in [0.2, 0.25) is 0 Å². The van der Waals surface area contributed by atoms with Gasteiger partial charge in [-0.15, -0.1) is 0 Å². The number of hydrogen-bond donors (Lipinski definition) is 1. The molecule has 4 nitrogen and oxygen atoms in total. The number of ether oxygens (including phenoxy) is 1. The van der Waals surface area contributed by atoms with Gasteiger partial charge in [-0.25, -0.2) is 0 Å². The van der Waals surface area contributed by atoms with E-state index in [1.165, 1.54) is 16.7 Å². The van der Waals surface area contributed by atoms with Crippen LogP contribution in [0.4, 0.5) is 0 Å². The molecule has 1 saturated heterocycles. The van der Waals surface area contributed by atoms with E-state index >= 15 is 0 Å². The lowest BCUT2D eigenvalue weighted by atomic mass is 9.99. The second-order valence-electron chi connectivity index (χ2n) is 5.84. The zero-order valence-corrected chi connectivity index (χ0v) is 13.3. The first-order valence-electron chi connectivity index (χ1n) is 7.69. The van der Waals surface area contributed by atoms with Crippen molar-refractivity contribution in [2.24, 2.45) is 0 Å². The van der Waals surface area contributed by atoms with Crippen LogP contribution in [0.25, 0.3) is 0 Å². The van der Waals surface area contributed by atoms with Crippen LogP contribution in [0.5, 0.6) is 0 Å². The van der Waals surface area contributed by atoms with E-state index in [1.807, 2.05) is 4.90 Å². The molecule has 1 fully saturated rings. The van der Waals surface area contributed by atoms with E-state index in [2.05, 4.69) is 37.4 Å². The fraction of sp³-hybridized carbons (Fsp3) is 0.588. The summed E-state index contributed by atoms with van der Waals surface area (Å²) >= 11 is 0. The first kappa shape index (κ1) is 16.0. The summed E-state index contributed by atoms with van der Waals surface area (Å²) in [7, 11) is 1.67. The molecule has 0 spiro atoms. The molecule has 1 atom stereocenters. The fourth-order valence-corrected chi connectivity index (χ4v) is 3.09. The lowest BCUT2D eigenvalue weighted by Crippen LogP contribution is -2.38. The highest BCUT2D eigenvalue weighted by atomic mass is 16.5. The van der Waals surface area contributed by atoms with Crippen molar-refractivity contribution in [2.75, 3.05) is 33.4 Å². The Morgan fingerprint density at radius 1 is 1.33 bits per heavy atom. The van der Waals surface area contributed by atoms with Crippen molar-refractivity contribution in [3.8, 4) is 0 Å². The van der Waals surface area contributed by atoms with Gasteiger partial charge in [0.1, 0.15) is 0 Å². The van der Waals surface area contributed by atoms with Crippen LogP contribution in [0.1, 0.15) is 35.6 Å². The Labute approximate surface area is 127 Å². The Morgan fingerprint density at radius 3 is 2.71 bits per heavy atom. The Hall–Kier alpha value is -1.39. The highest BCUT2D eigenvalue weighted by Gasteiger charge is 2.29. The van der Waals surface area contributed by atoms with Crippen LogP contribution < -0.4 is 5.32 Å². The lowest BCUT2D eigenvalue weighted by Gasteiger charge is -2.26. The van der Waals surface area contributed by atoms with Gasteiger partial charge in [-0.3, -0.25) is 4.79 Å². The molecule has 4 heteroatoms. The number of aryl methyl sites for hydroxylation is 2. The molecule has 116 valence electrons. The number of nitrogens with one attached hydrogen (secondary N) is 1. The van der Waals surface area contributed by atoms with Gasteiger partial charge in [-0.1, -0.05) is 29.3 Å². The van der Waals surface area contributed by atoms with Crippen LogP contribution in [-0.2, 0) is 9.53 Å². The molecular formula is C17H26N2O2. The van der Waals surface area contributed by atoms with Crippen molar-refractivity contribution in [1.82, 2.24) is 10.2 Å². The van der Waals surface area contributed by atoms with Crippen LogP contribution in [0.15, 0.2) is 18.2 Å². The van der Waals surface area contributed by atoms with Gasteiger partial charge in [0, 0.05) is 20.2 Å². The Morgan fingerprint density at radius 2 is 2.05 bits per heavy atom. The van der Waals surface area contributed by atoms with Gasteiger partial charge in [0.15, 0.2) is 0 Å². The van der Waals surface area contributed by atoms with Crippen LogP contribution in [0.3, 0.4) is 0 Å². The summed E-state index contributed by atoms with van der Waals surface area (Å²) in [5, 5.41) is 3.14. The summed E-state index contributed by atoms with van der Waals surface area (Å²) in [6.07, 6.45) is 2.15. The number of nitrogens with zero attached hydrogens (tertiary/aromatic N) is 1. The molecule has 1 heterocycles. The van der Waals surface area contributed by atoms with Gasteiger partial charge in [-0.2, -0.15) is 0 Å². The number of benzene rings is 1. The van der Waals surface area contributed by atoms with Gasteiger partial charge in [0.2, 0.25) is 5.91 Å². The summed E-state index contributed by atoms with van der Waals surface area (Å²) < 4.78 is 4.98. The minimum absolute atomic E-state index is 0.188. The third-order valence-electron chi connectivity index (χ3n) is 3.96. The maximum Gasteiger partial charge on any atom is 0.237 e. The molecule has 1 N–H and O–H groups in total. The maximum atomic E-state index is 12.4. The summed E-state index contributed by atoms with van der Waals surface area (Å²) in [6.45, 7) is 6.83. The molecule has 1 aromatic rings. The molecule has 0 bridgehead atoms. The van der Waals surface area contributed by atoms with Gasteiger partial charge in [-0.05, 0) is 32.3 Å². The quantitative estimate of drug-likeness (QED) is 0.817. The number of hydrogen-bond acceptors (Lipinski definition) is 3. The highest BCUT2D eigenvalue weighted by Crippen LogP contribution is 2.32. The van der Waals surface area contributed by atoms with E-state index in [0.717, 1.165) is 19.4 Å².